The van der Waals surface area contributed by atoms with E-state index in [0.717, 1.165) is 40.7 Å². The molecule has 0 radical (unpaired) electrons. The number of carbonyl (C=O) groups is 2. The molecule has 27 heavy (non-hydrogen) atoms. The van der Waals surface area contributed by atoms with Crippen LogP contribution in [0.15, 0.2) is 42.5 Å². The Labute approximate surface area is 159 Å². The highest BCUT2D eigenvalue weighted by Gasteiger charge is 2.29. The van der Waals surface area contributed by atoms with Gasteiger partial charge in [0.25, 0.3) is 0 Å². The van der Waals surface area contributed by atoms with Crippen molar-refractivity contribution in [2.45, 2.75) is 20.0 Å². The number of anilines is 2. The van der Waals surface area contributed by atoms with Crippen LogP contribution in [0.4, 0.5) is 24.5 Å². The minimum absolute atomic E-state index is 0.0152. The number of amides is 2. The second kappa shape index (κ2) is 8.94. The highest BCUT2D eigenvalue weighted by molar-refractivity contribution is 8.00. The molecule has 0 spiro atoms. The van der Waals surface area contributed by atoms with E-state index in [4.69, 9.17) is 0 Å². The van der Waals surface area contributed by atoms with Gasteiger partial charge in [-0.15, -0.1) is 11.8 Å². The summed E-state index contributed by atoms with van der Waals surface area (Å²) in [6.45, 7) is 3.86. The van der Waals surface area contributed by atoms with Crippen LogP contribution in [0.5, 0.6) is 0 Å². The van der Waals surface area contributed by atoms with E-state index in [1.54, 1.807) is 0 Å². The second-order valence-corrected chi connectivity index (χ2v) is 6.97. The molecule has 0 atom stereocenters. The maximum Gasteiger partial charge on any atom is 0.416 e. The molecule has 0 bridgehead atoms. The molecule has 2 aromatic rings. The molecule has 2 aromatic carbocycles. The zero-order valence-corrected chi connectivity index (χ0v) is 15.6. The van der Waals surface area contributed by atoms with Crippen molar-refractivity contribution >= 4 is 35.0 Å². The Morgan fingerprint density at radius 1 is 0.926 bits per heavy atom. The summed E-state index contributed by atoms with van der Waals surface area (Å²) in [5, 5.41) is 5.28. The van der Waals surface area contributed by atoms with Crippen molar-refractivity contribution in [2.24, 2.45) is 0 Å². The lowest BCUT2D eigenvalue weighted by Crippen LogP contribution is -2.19. The summed E-state index contributed by atoms with van der Waals surface area (Å²) in [6, 6.07) is 9.87. The molecule has 144 valence electrons. The van der Waals surface area contributed by atoms with Crippen LogP contribution in [0.1, 0.15) is 16.7 Å². The summed E-state index contributed by atoms with van der Waals surface area (Å²) in [7, 11) is 0. The second-order valence-electron chi connectivity index (χ2n) is 5.98. The van der Waals surface area contributed by atoms with Crippen LogP contribution in [-0.4, -0.2) is 23.3 Å². The number of rotatable bonds is 6. The Kier molecular flexibility index (Phi) is 6.90. The number of halogens is 3. The molecular weight excluding hydrogens is 377 g/mol. The predicted molar refractivity (Wildman–Crippen MR) is 102 cm³/mol. The number of hydrogen-bond donors (Lipinski definition) is 2. The molecule has 2 rings (SSSR count). The SMILES string of the molecule is Cc1ccc(NC(=O)CSCC(=O)Nc2ccc(C(F)(F)F)cc2)c(C)c1. The average molecular weight is 396 g/mol. The van der Waals surface area contributed by atoms with E-state index < -0.39 is 11.7 Å². The van der Waals surface area contributed by atoms with Gasteiger partial charge in [0.05, 0.1) is 17.1 Å². The van der Waals surface area contributed by atoms with Gasteiger partial charge in [0.1, 0.15) is 0 Å². The van der Waals surface area contributed by atoms with Gasteiger partial charge in [-0.3, -0.25) is 9.59 Å². The number of hydrogen-bond acceptors (Lipinski definition) is 3. The number of aryl methyl sites for hydroxylation is 2. The fraction of sp³-hybridized carbons (Fsp3) is 0.263. The third-order valence-corrected chi connectivity index (χ3v) is 4.55. The van der Waals surface area contributed by atoms with Crippen LogP contribution in [0.3, 0.4) is 0 Å². The Hall–Kier alpha value is -2.48. The lowest BCUT2D eigenvalue weighted by Gasteiger charge is -2.10. The highest BCUT2D eigenvalue weighted by atomic mass is 32.2. The molecule has 0 aromatic heterocycles. The van der Waals surface area contributed by atoms with Crippen LogP contribution in [0.2, 0.25) is 0 Å². The zero-order valence-electron chi connectivity index (χ0n) is 14.8. The van der Waals surface area contributed by atoms with E-state index in [1.165, 1.54) is 12.1 Å². The molecule has 0 saturated heterocycles. The van der Waals surface area contributed by atoms with Crippen molar-refractivity contribution in [1.82, 2.24) is 0 Å². The summed E-state index contributed by atoms with van der Waals surface area (Å²) in [4.78, 5) is 23.8. The lowest BCUT2D eigenvalue weighted by atomic mass is 10.1. The molecule has 0 saturated carbocycles. The van der Waals surface area contributed by atoms with E-state index in [2.05, 4.69) is 10.6 Å². The number of nitrogens with one attached hydrogen (secondary N) is 2. The molecule has 0 aliphatic rings. The van der Waals surface area contributed by atoms with Crippen LogP contribution < -0.4 is 10.6 Å². The zero-order chi connectivity index (χ0) is 20.0. The van der Waals surface area contributed by atoms with Crippen molar-refractivity contribution in [1.29, 1.82) is 0 Å². The van der Waals surface area contributed by atoms with Crippen LogP contribution in [-0.2, 0) is 15.8 Å². The standard InChI is InChI=1S/C19H19F3N2O2S/c1-12-3-8-16(13(2)9-12)24-18(26)11-27-10-17(25)23-15-6-4-14(5-7-15)19(20,21)22/h3-9H,10-11H2,1-2H3,(H,23,25)(H,24,26). The van der Waals surface area contributed by atoms with Gasteiger partial charge >= 0.3 is 6.18 Å². The van der Waals surface area contributed by atoms with Gasteiger partial charge in [-0.25, -0.2) is 0 Å². The summed E-state index contributed by atoms with van der Waals surface area (Å²) >= 11 is 1.12. The molecule has 0 heterocycles. The summed E-state index contributed by atoms with van der Waals surface area (Å²) in [6.07, 6.45) is -4.42. The van der Waals surface area contributed by atoms with Crippen molar-refractivity contribution in [3.8, 4) is 0 Å². The molecular formula is C19H19F3N2O2S. The maximum absolute atomic E-state index is 12.5. The number of alkyl halides is 3. The molecule has 0 fully saturated rings. The van der Waals surface area contributed by atoms with Gasteiger partial charge < -0.3 is 10.6 Å². The van der Waals surface area contributed by atoms with Gasteiger partial charge in [-0.1, -0.05) is 17.7 Å². The van der Waals surface area contributed by atoms with E-state index in [9.17, 15) is 22.8 Å². The van der Waals surface area contributed by atoms with Gasteiger partial charge in [0.15, 0.2) is 0 Å². The van der Waals surface area contributed by atoms with Gasteiger partial charge in [-0.2, -0.15) is 13.2 Å². The van der Waals surface area contributed by atoms with E-state index in [1.807, 2.05) is 32.0 Å². The number of thioether (sulfide) groups is 1. The third-order valence-electron chi connectivity index (χ3n) is 3.62. The molecule has 2 N–H and O–H groups in total. The molecule has 0 aliphatic carbocycles. The molecule has 0 unspecified atom stereocenters. The molecule has 4 nitrogen and oxygen atoms in total. The van der Waals surface area contributed by atoms with Crippen molar-refractivity contribution < 1.29 is 22.8 Å². The highest BCUT2D eigenvalue weighted by Crippen LogP contribution is 2.29. The fourth-order valence-corrected chi connectivity index (χ4v) is 2.93. The first-order valence-corrected chi connectivity index (χ1v) is 9.22. The topological polar surface area (TPSA) is 58.2 Å². The van der Waals surface area contributed by atoms with Crippen LogP contribution >= 0.6 is 11.8 Å². The Bertz CT molecular complexity index is 821. The van der Waals surface area contributed by atoms with Gasteiger partial charge in [0, 0.05) is 11.4 Å². The van der Waals surface area contributed by atoms with Crippen LogP contribution in [0, 0.1) is 13.8 Å². The number of benzene rings is 2. The van der Waals surface area contributed by atoms with E-state index >= 15 is 0 Å². The van der Waals surface area contributed by atoms with Gasteiger partial charge in [0.2, 0.25) is 11.8 Å². The van der Waals surface area contributed by atoms with Crippen LogP contribution in [0.25, 0.3) is 0 Å². The smallest absolute Gasteiger partial charge is 0.325 e. The molecule has 0 aliphatic heterocycles. The fourth-order valence-electron chi connectivity index (χ4n) is 2.32. The normalized spacial score (nSPS) is 11.1. The molecule has 8 heteroatoms. The summed E-state index contributed by atoms with van der Waals surface area (Å²) in [5.74, 6) is -0.511. The summed E-state index contributed by atoms with van der Waals surface area (Å²) in [5.41, 5.74) is 2.26. The maximum atomic E-state index is 12.5. The first kappa shape index (κ1) is 20.8. The Morgan fingerprint density at radius 3 is 2.07 bits per heavy atom. The third kappa shape index (κ3) is 6.63. The Morgan fingerprint density at radius 2 is 1.52 bits per heavy atom. The van der Waals surface area contributed by atoms with E-state index in [-0.39, 0.29) is 29.0 Å². The van der Waals surface area contributed by atoms with Crippen molar-refractivity contribution in [2.75, 3.05) is 22.1 Å². The predicted octanol–water partition coefficient (Wildman–Crippen LogP) is 4.63. The van der Waals surface area contributed by atoms with E-state index in [0.29, 0.717) is 0 Å². The quantitative estimate of drug-likeness (QED) is 0.748. The largest absolute Gasteiger partial charge is 0.416 e. The number of carbonyl (C=O) groups excluding carboxylic acids is 2. The first-order valence-electron chi connectivity index (χ1n) is 8.07. The lowest BCUT2D eigenvalue weighted by molar-refractivity contribution is -0.137. The minimum Gasteiger partial charge on any atom is -0.325 e. The van der Waals surface area contributed by atoms with Crippen molar-refractivity contribution in [3.05, 3.63) is 59.2 Å². The average Bonchev–Trinajstić information content (AvgIpc) is 2.57. The van der Waals surface area contributed by atoms with Gasteiger partial charge in [-0.05, 0) is 49.7 Å². The van der Waals surface area contributed by atoms with Crippen molar-refractivity contribution in [3.63, 3.8) is 0 Å². The summed E-state index contributed by atoms with van der Waals surface area (Å²) < 4.78 is 37.5. The first-order chi connectivity index (χ1) is 12.6. The molecule has 2 amide bonds. The Balaban J connectivity index is 1.76. The minimum atomic E-state index is -4.42. The monoisotopic (exact) mass is 396 g/mol.